The van der Waals surface area contributed by atoms with Crippen LogP contribution in [0.3, 0.4) is 0 Å². The molecule has 0 saturated carbocycles. The number of benzene rings is 2. The Kier molecular flexibility index (Phi) is 9.27. The first-order valence-electron chi connectivity index (χ1n) is 10.1. The summed E-state index contributed by atoms with van der Waals surface area (Å²) in [5, 5.41) is 0. The maximum absolute atomic E-state index is 12.3. The molecular formula is C23H32ClN3O3. The molecule has 0 bridgehead atoms. The minimum absolute atomic E-state index is 0. The SMILES string of the molecule is COc1ccccc1N1CCN(CCCOc2ccccc2C(=O)N(C)C)CC1.Cl. The normalized spacial score (nSPS) is 14.0. The maximum Gasteiger partial charge on any atom is 0.257 e. The van der Waals surface area contributed by atoms with Crippen LogP contribution >= 0.6 is 12.4 Å². The van der Waals surface area contributed by atoms with Crippen molar-refractivity contribution in [3.63, 3.8) is 0 Å². The lowest BCUT2D eigenvalue weighted by atomic mass is 10.2. The van der Waals surface area contributed by atoms with Gasteiger partial charge in [0.2, 0.25) is 0 Å². The molecule has 30 heavy (non-hydrogen) atoms. The molecule has 0 unspecified atom stereocenters. The number of hydrogen-bond donors (Lipinski definition) is 0. The number of ether oxygens (including phenoxy) is 2. The van der Waals surface area contributed by atoms with Crippen molar-refractivity contribution in [2.45, 2.75) is 6.42 Å². The first kappa shape index (κ1) is 23.8. The molecule has 1 saturated heterocycles. The van der Waals surface area contributed by atoms with E-state index in [1.807, 2.05) is 36.4 Å². The molecule has 1 heterocycles. The number of nitrogens with zero attached hydrogens (tertiary/aromatic N) is 3. The van der Waals surface area contributed by atoms with Crippen LogP contribution in [0.2, 0.25) is 0 Å². The molecule has 0 atom stereocenters. The summed E-state index contributed by atoms with van der Waals surface area (Å²) in [7, 11) is 5.23. The van der Waals surface area contributed by atoms with E-state index in [4.69, 9.17) is 9.47 Å². The van der Waals surface area contributed by atoms with Gasteiger partial charge in [-0.3, -0.25) is 9.69 Å². The minimum atomic E-state index is -0.0342. The van der Waals surface area contributed by atoms with Crippen LogP contribution in [-0.2, 0) is 0 Å². The highest BCUT2D eigenvalue weighted by atomic mass is 35.5. The molecule has 1 aliphatic heterocycles. The van der Waals surface area contributed by atoms with Crippen molar-refractivity contribution in [2.75, 3.05) is 65.4 Å². The molecule has 1 fully saturated rings. The highest BCUT2D eigenvalue weighted by Gasteiger charge is 2.19. The van der Waals surface area contributed by atoms with Gasteiger partial charge in [-0.15, -0.1) is 12.4 Å². The van der Waals surface area contributed by atoms with E-state index in [2.05, 4.69) is 21.9 Å². The average molecular weight is 434 g/mol. The predicted molar refractivity (Wildman–Crippen MR) is 123 cm³/mol. The number of carbonyl (C=O) groups excluding carboxylic acids is 1. The molecule has 0 aliphatic carbocycles. The Labute approximate surface area is 185 Å². The molecule has 0 radical (unpaired) electrons. The number of piperazine rings is 1. The summed E-state index contributed by atoms with van der Waals surface area (Å²) in [6.45, 7) is 5.61. The smallest absolute Gasteiger partial charge is 0.257 e. The second kappa shape index (κ2) is 11.7. The second-order valence-corrected chi connectivity index (χ2v) is 7.40. The summed E-state index contributed by atoms with van der Waals surface area (Å²) >= 11 is 0. The lowest BCUT2D eigenvalue weighted by molar-refractivity contribution is 0.0823. The van der Waals surface area contributed by atoms with Crippen LogP contribution in [0.5, 0.6) is 11.5 Å². The van der Waals surface area contributed by atoms with Gasteiger partial charge in [-0.1, -0.05) is 24.3 Å². The van der Waals surface area contributed by atoms with Gasteiger partial charge in [0.15, 0.2) is 0 Å². The molecule has 164 valence electrons. The lowest BCUT2D eigenvalue weighted by Gasteiger charge is -2.36. The number of carbonyl (C=O) groups is 1. The summed E-state index contributed by atoms with van der Waals surface area (Å²) in [5.41, 5.74) is 1.78. The van der Waals surface area contributed by atoms with Gasteiger partial charge in [0, 0.05) is 46.8 Å². The molecule has 3 rings (SSSR count). The monoisotopic (exact) mass is 433 g/mol. The third-order valence-corrected chi connectivity index (χ3v) is 5.20. The van der Waals surface area contributed by atoms with Crippen molar-refractivity contribution < 1.29 is 14.3 Å². The van der Waals surface area contributed by atoms with Gasteiger partial charge < -0.3 is 19.3 Å². The van der Waals surface area contributed by atoms with Gasteiger partial charge in [-0.2, -0.15) is 0 Å². The Morgan fingerprint density at radius 1 is 0.967 bits per heavy atom. The van der Waals surface area contributed by atoms with Crippen LogP contribution in [0.4, 0.5) is 5.69 Å². The van der Waals surface area contributed by atoms with E-state index in [0.717, 1.165) is 44.9 Å². The van der Waals surface area contributed by atoms with E-state index >= 15 is 0 Å². The maximum atomic E-state index is 12.3. The molecule has 2 aromatic rings. The number of amides is 1. The Hall–Kier alpha value is -2.44. The predicted octanol–water partition coefficient (Wildman–Crippen LogP) is 3.41. The van der Waals surface area contributed by atoms with Crippen molar-refractivity contribution in [3.05, 3.63) is 54.1 Å². The fourth-order valence-corrected chi connectivity index (χ4v) is 3.58. The Balaban J connectivity index is 0.00000320. The Bertz CT molecular complexity index is 808. The standard InChI is InChI=1S/C23H31N3O3.ClH/c1-24(2)23(27)19-9-4-6-11-21(19)29-18-8-13-25-14-16-26(17-15-25)20-10-5-7-12-22(20)28-3;/h4-7,9-12H,8,13-18H2,1-3H3;1H. The number of hydrogen-bond acceptors (Lipinski definition) is 5. The first-order valence-corrected chi connectivity index (χ1v) is 10.1. The Morgan fingerprint density at radius 3 is 2.27 bits per heavy atom. The molecule has 1 amide bonds. The van der Waals surface area contributed by atoms with E-state index in [9.17, 15) is 4.79 Å². The second-order valence-electron chi connectivity index (χ2n) is 7.40. The summed E-state index contributed by atoms with van der Waals surface area (Å²) in [6, 6.07) is 15.6. The highest BCUT2D eigenvalue weighted by molar-refractivity contribution is 5.96. The van der Waals surface area contributed by atoms with Crippen molar-refractivity contribution in [1.82, 2.24) is 9.80 Å². The van der Waals surface area contributed by atoms with E-state index in [1.54, 1.807) is 26.1 Å². The fourth-order valence-electron chi connectivity index (χ4n) is 3.58. The molecule has 2 aromatic carbocycles. The Morgan fingerprint density at radius 2 is 1.60 bits per heavy atom. The molecule has 0 aromatic heterocycles. The van der Waals surface area contributed by atoms with Crippen LogP contribution in [0, 0.1) is 0 Å². The molecule has 0 N–H and O–H groups in total. The number of anilines is 1. The lowest BCUT2D eigenvalue weighted by Crippen LogP contribution is -2.46. The summed E-state index contributed by atoms with van der Waals surface area (Å²) in [6.07, 6.45) is 0.930. The molecular weight excluding hydrogens is 402 g/mol. The average Bonchev–Trinajstić information content (AvgIpc) is 2.77. The van der Waals surface area contributed by atoms with Crippen LogP contribution in [0.1, 0.15) is 16.8 Å². The summed E-state index contributed by atoms with van der Waals surface area (Å²) in [5.74, 6) is 1.56. The van der Waals surface area contributed by atoms with Gasteiger partial charge >= 0.3 is 0 Å². The topological polar surface area (TPSA) is 45.3 Å². The van der Waals surface area contributed by atoms with Crippen LogP contribution in [0.25, 0.3) is 0 Å². The van der Waals surface area contributed by atoms with Gasteiger partial charge in [-0.25, -0.2) is 0 Å². The molecule has 1 aliphatic rings. The van der Waals surface area contributed by atoms with Crippen molar-refractivity contribution in [2.24, 2.45) is 0 Å². The minimum Gasteiger partial charge on any atom is -0.495 e. The zero-order valence-electron chi connectivity index (χ0n) is 18.0. The van der Waals surface area contributed by atoms with E-state index < -0.39 is 0 Å². The number of halogens is 1. The van der Waals surface area contributed by atoms with Gasteiger partial charge in [0.05, 0.1) is 25.0 Å². The van der Waals surface area contributed by atoms with E-state index in [-0.39, 0.29) is 18.3 Å². The number of methoxy groups -OCH3 is 1. The van der Waals surface area contributed by atoms with Crippen molar-refractivity contribution >= 4 is 24.0 Å². The number of para-hydroxylation sites is 3. The first-order chi connectivity index (χ1) is 14.1. The number of rotatable bonds is 8. The molecule has 0 spiro atoms. The van der Waals surface area contributed by atoms with Gasteiger partial charge in [0.1, 0.15) is 11.5 Å². The third-order valence-electron chi connectivity index (χ3n) is 5.20. The quantitative estimate of drug-likeness (QED) is 0.597. The zero-order valence-corrected chi connectivity index (χ0v) is 18.9. The zero-order chi connectivity index (χ0) is 20.6. The largest absolute Gasteiger partial charge is 0.495 e. The summed E-state index contributed by atoms with van der Waals surface area (Å²) < 4.78 is 11.4. The van der Waals surface area contributed by atoms with Crippen LogP contribution in [0.15, 0.2) is 48.5 Å². The third kappa shape index (κ3) is 6.03. The van der Waals surface area contributed by atoms with E-state index in [0.29, 0.717) is 17.9 Å². The fraction of sp³-hybridized carbons (Fsp3) is 0.435. The van der Waals surface area contributed by atoms with E-state index in [1.165, 1.54) is 5.69 Å². The van der Waals surface area contributed by atoms with Crippen molar-refractivity contribution in [3.8, 4) is 11.5 Å². The van der Waals surface area contributed by atoms with Crippen LogP contribution < -0.4 is 14.4 Å². The highest BCUT2D eigenvalue weighted by Crippen LogP contribution is 2.28. The summed E-state index contributed by atoms with van der Waals surface area (Å²) in [4.78, 5) is 18.7. The van der Waals surface area contributed by atoms with Gasteiger partial charge in [-0.05, 0) is 30.7 Å². The van der Waals surface area contributed by atoms with Gasteiger partial charge in [0.25, 0.3) is 5.91 Å². The van der Waals surface area contributed by atoms with Crippen molar-refractivity contribution in [1.29, 1.82) is 0 Å². The molecule has 7 heteroatoms. The van der Waals surface area contributed by atoms with Crippen LogP contribution in [-0.4, -0.2) is 76.2 Å². The molecule has 6 nitrogen and oxygen atoms in total.